The van der Waals surface area contributed by atoms with Crippen molar-refractivity contribution in [1.29, 1.82) is 0 Å². The number of carbonyl (C=O) groups is 2. The summed E-state index contributed by atoms with van der Waals surface area (Å²) in [6.45, 7) is 7.42. The van der Waals surface area contributed by atoms with Gasteiger partial charge in [-0.2, -0.15) is 0 Å². The molecule has 2 unspecified atom stereocenters. The maximum atomic E-state index is 11.9. The average molecular weight is 228 g/mol. The van der Waals surface area contributed by atoms with Gasteiger partial charge in [-0.3, -0.25) is 9.59 Å². The van der Waals surface area contributed by atoms with Gasteiger partial charge in [0.2, 0.25) is 5.91 Å². The van der Waals surface area contributed by atoms with Gasteiger partial charge in [0, 0.05) is 19.1 Å². The first-order valence-electron chi connectivity index (χ1n) is 5.66. The van der Waals surface area contributed by atoms with Gasteiger partial charge in [-0.05, 0) is 12.8 Å². The van der Waals surface area contributed by atoms with Crippen molar-refractivity contribution in [3.63, 3.8) is 0 Å². The van der Waals surface area contributed by atoms with Crippen LogP contribution in [-0.2, 0) is 9.59 Å². The summed E-state index contributed by atoms with van der Waals surface area (Å²) >= 11 is 0. The van der Waals surface area contributed by atoms with Gasteiger partial charge in [0.15, 0.2) is 0 Å². The molecule has 0 spiro atoms. The zero-order valence-electron chi connectivity index (χ0n) is 10.1. The van der Waals surface area contributed by atoms with E-state index in [4.69, 9.17) is 5.11 Å². The summed E-state index contributed by atoms with van der Waals surface area (Å²) in [6, 6.07) is -0.416. The second-order valence-corrected chi connectivity index (χ2v) is 4.86. The van der Waals surface area contributed by atoms with Crippen LogP contribution in [0, 0.1) is 5.92 Å². The smallest absolute Gasteiger partial charge is 0.305 e. The fourth-order valence-electron chi connectivity index (χ4n) is 2.03. The lowest BCUT2D eigenvalue weighted by Crippen LogP contribution is -2.60. The Labute approximate surface area is 95.8 Å². The Bertz CT molecular complexity index is 276. The zero-order chi connectivity index (χ0) is 12.3. The number of hydrogen-bond donors (Lipinski definition) is 2. The van der Waals surface area contributed by atoms with Crippen molar-refractivity contribution >= 4 is 11.9 Å². The number of carbonyl (C=O) groups excluding carboxylic acids is 1. The fraction of sp³-hybridized carbons (Fsp3) is 0.818. The number of nitrogens with zero attached hydrogens (tertiary/aromatic N) is 1. The molecule has 0 aromatic carbocycles. The molecule has 1 fully saturated rings. The fourth-order valence-corrected chi connectivity index (χ4v) is 2.03. The molecule has 1 aliphatic rings. The van der Waals surface area contributed by atoms with Gasteiger partial charge in [0.05, 0.1) is 12.5 Å². The molecular weight excluding hydrogens is 208 g/mol. The van der Waals surface area contributed by atoms with Crippen LogP contribution >= 0.6 is 0 Å². The predicted octanol–water partition coefficient (Wildman–Crippen LogP) is 0.306. The van der Waals surface area contributed by atoms with Crippen molar-refractivity contribution in [2.24, 2.45) is 5.92 Å². The van der Waals surface area contributed by atoms with Crippen LogP contribution < -0.4 is 5.32 Å². The lowest BCUT2D eigenvalue weighted by Gasteiger charge is -2.37. The Morgan fingerprint density at radius 3 is 2.75 bits per heavy atom. The third kappa shape index (κ3) is 3.48. The lowest BCUT2D eigenvalue weighted by atomic mass is 10.0. The number of rotatable bonds is 4. The van der Waals surface area contributed by atoms with Crippen LogP contribution in [0.25, 0.3) is 0 Å². The molecular formula is C11H20N2O3. The summed E-state index contributed by atoms with van der Waals surface area (Å²) in [5.41, 5.74) is 0. The van der Waals surface area contributed by atoms with E-state index >= 15 is 0 Å². The Balaban J connectivity index is 2.66. The monoisotopic (exact) mass is 228 g/mol. The molecule has 92 valence electrons. The second-order valence-electron chi connectivity index (χ2n) is 4.86. The summed E-state index contributed by atoms with van der Waals surface area (Å²) in [6.07, 6.45) is -0.141. The van der Waals surface area contributed by atoms with E-state index in [1.54, 1.807) is 4.90 Å². The molecule has 2 N–H and O–H groups in total. The van der Waals surface area contributed by atoms with Crippen LogP contribution in [0.2, 0.25) is 0 Å². The summed E-state index contributed by atoms with van der Waals surface area (Å²) in [4.78, 5) is 24.3. The number of amides is 1. The molecule has 1 heterocycles. The zero-order valence-corrected chi connectivity index (χ0v) is 10.1. The first-order chi connectivity index (χ1) is 7.40. The van der Waals surface area contributed by atoms with Gasteiger partial charge in [-0.15, -0.1) is 0 Å². The van der Waals surface area contributed by atoms with E-state index in [0.717, 1.165) is 0 Å². The number of aliphatic carboxylic acids is 1. The van der Waals surface area contributed by atoms with Gasteiger partial charge in [-0.25, -0.2) is 0 Å². The highest BCUT2D eigenvalue weighted by molar-refractivity contribution is 5.87. The topological polar surface area (TPSA) is 69.6 Å². The number of carboxylic acid groups (broad SMARTS) is 1. The molecule has 0 saturated carbocycles. The molecule has 0 aromatic heterocycles. The SMILES string of the molecule is CC(C)CN1CC(C)NC(CC(=O)O)C1=O. The minimum Gasteiger partial charge on any atom is -0.481 e. The second kappa shape index (κ2) is 5.30. The van der Waals surface area contributed by atoms with Crippen LogP contribution in [0.15, 0.2) is 0 Å². The molecule has 0 bridgehead atoms. The standard InChI is InChI=1S/C11H20N2O3/c1-7(2)5-13-6-8(3)12-9(11(13)16)4-10(14)15/h7-9,12H,4-6H2,1-3H3,(H,14,15). The minimum absolute atomic E-state index is 0.0887. The van der Waals surface area contributed by atoms with E-state index in [1.165, 1.54) is 0 Å². The van der Waals surface area contributed by atoms with Gasteiger partial charge in [0.1, 0.15) is 0 Å². The van der Waals surface area contributed by atoms with Gasteiger partial charge in [0.25, 0.3) is 0 Å². The summed E-state index contributed by atoms with van der Waals surface area (Å²) in [7, 11) is 0. The van der Waals surface area contributed by atoms with E-state index in [0.29, 0.717) is 19.0 Å². The number of nitrogens with one attached hydrogen (secondary N) is 1. The Morgan fingerprint density at radius 2 is 2.25 bits per heavy atom. The van der Waals surface area contributed by atoms with Gasteiger partial charge >= 0.3 is 5.97 Å². The molecule has 2 atom stereocenters. The third-order valence-corrected chi connectivity index (χ3v) is 2.55. The quantitative estimate of drug-likeness (QED) is 0.726. The van der Waals surface area contributed by atoms with E-state index in [1.807, 2.05) is 20.8 Å². The van der Waals surface area contributed by atoms with Gasteiger partial charge < -0.3 is 15.3 Å². The molecule has 0 radical (unpaired) electrons. The summed E-state index contributed by atoms with van der Waals surface area (Å²) in [5.74, 6) is -0.627. The van der Waals surface area contributed by atoms with Crippen LogP contribution in [0.4, 0.5) is 0 Å². The number of carboxylic acids is 1. The van der Waals surface area contributed by atoms with Crippen molar-refractivity contribution in [2.75, 3.05) is 13.1 Å². The normalized spacial score (nSPS) is 26.2. The van der Waals surface area contributed by atoms with Crippen LogP contribution in [-0.4, -0.2) is 47.1 Å². The van der Waals surface area contributed by atoms with Crippen molar-refractivity contribution in [3.8, 4) is 0 Å². The highest BCUT2D eigenvalue weighted by atomic mass is 16.4. The minimum atomic E-state index is -0.940. The van der Waals surface area contributed by atoms with Crippen molar-refractivity contribution in [3.05, 3.63) is 0 Å². The molecule has 5 heteroatoms. The first-order valence-corrected chi connectivity index (χ1v) is 5.66. The maximum Gasteiger partial charge on any atom is 0.305 e. The Kier molecular flexibility index (Phi) is 4.29. The average Bonchev–Trinajstić information content (AvgIpc) is 2.11. The van der Waals surface area contributed by atoms with Crippen molar-refractivity contribution < 1.29 is 14.7 Å². The van der Waals surface area contributed by atoms with Crippen molar-refractivity contribution in [1.82, 2.24) is 10.2 Å². The van der Waals surface area contributed by atoms with E-state index < -0.39 is 12.0 Å². The third-order valence-electron chi connectivity index (χ3n) is 2.55. The molecule has 1 saturated heterocycles. The predicted molar refractivity (Wildman–Crippen MR) is 60.1 cm³/mol. The van der Waals surface area contributed by atoms with Crippen LogP contribution in [0.3, 0.4) is 0 Å². The molecule has 5 nitrogen and oxygen atoms in total. The maximum absolute atomic E-state index is 11.9. The first kappa shape index (κ1) is 13.0. The van der Waals surface area contributed by atoms with E-state index in [9.17, 15) is 9.59 Å². The highest BCUT2D eigenvalue weighted by Gasteiger charge is 2.33. The number of piperazine rings is 1. The van der Waals surface area contributed by atoms with E-state index in [-0.39, 0.29) is 18.4 Å². The van der Waals surface area contributed by atoms with Gasteiger partial charge in [-0.1, -0.05) is 13.8 Å². The Morgan fingerprint density at radius 1 is 1.62 bits per heavy atom. The molecule has 1 amide bonds. The molecule has 16 heavy (non-hydrogen) atoms. The molecule has 0 aromatic rings. The summed E-state index contributed by atoms with van der Waals surface area (Å²) in [5, 5.41) is 11.8. The molecule has 1 aliphatic heterocycles. The van der Waals surface area contributed by atoms with Crippen LogP contribution in [0.1, 0.15) is 27.2 Å². The largest absolute Gasteiger partial charge is 0.481 e. The Hall–Kier alpha value is -1.10. The van der Waals surface area contributed by atoms with Crippen LogP contribution in [0.5, 0.6) is 0 Å². The van der Waals surface area contributed by atoms with E-state index in [2.05, 4.69) is 5.32 Å². The number of hydrogen-bond acceptors (Lipinski definition) is 3. The summed E-state index contributed by atoms with van der Waals surface area (Å²) < 4.78 is 0. The molecule has 0 aliphatic carbocycles. The highest BCUT2D eigenvalue weighted by Crippen LogP contribution is 2.11. The molecule has 1 rings (SSSR count). The lowest BCUT2D eigenvalue weighted by molar-refractivity contribution is -0.145. The van der Waals surface area contributed by atoms with Crippen molar-refractivity contribution in [2.45, 2.75) is 39.3 Å².